The van der Waals surface area contributed by atoms with Crippen LogP contribution in [0, 0.1) is 0 Å². The number of rotatable bonds is 2. The van der Waals surface area contributed by atoms with Gasteiger partial charge >= 0.3 is 0 Å². The highest BCUT2D eigenvalue weighted by atomic mass is 16.1. The molecule has 0 saturated heterocycles. The van der Waals surface area contributed by atoms with E-state index in [1.165, 1.54) is 0 Å². The number of carbonyl (C=O) groups is 1. The Balaban J connectivity index is 3.03. The Morgan fingerprint density at radius 3 is 2.83 bits per heavy atom. The van der Waals surface area contributed by atoms with Gasteiger partial charge in [-0.2, -0.15) is 0 Å². The summed E-state index contributed by atoms with van der Waals surface area (Å²) in [7, 11) is 0. The van der Waals surface area contributed by atoms with Crippen molar-refractivity contribution in [3.05, 3.63) is 36.1 Å². The van der Waals surface area contributed by atoms with Gasteiger partial charge in [0, 0.05) is 5.70 Å². The van der Waals surface area contributed by atoms with Crippen molar-refractivity contribution in [1.82, 2.24) is 10.6 Å². The van der Waals surface area contributed by atoms with E-state index in [9.17, 15) is 4.79 Å². The van der Waals surface area contributed by atoms with E-state index < -0.39 is 0 Å². The number of allylic oxidation sites excluding steroid dienone is 2. The van der Waals surface area contributed by atoms with Crippen molar-refractivity contribution in [3.63, 3.8) is 0 Å². The fraction of sp³-hybridized carbons (Fsp3) is 0.222. The third-order valence-corrected chi connectivity index (χ3v) is 1.60. The molecule has 12 heavy (non-hydrogen) atoms. The van der Waals surface area contributed by atoms with Crippen molar-refractivity contribution in [2.24, 2.45) is 0 Å². The zero-order valence-electron chi connectivity index (χ0n) is 7.05. The molecule has 1 amide bonds. The minimum Gasteiger partial charge on any atom is -0.367 e. The van der Waals surface area contributed by atoms with Crippen LogP contribution in [0.5, 0.6) is 0 Å². The summed E-state index contributed by atoms with van der Waals surface area (Å²) in [5, 5.41) is 5.69. The SMILES string of the molecule is C=CC1=C(/C=C\C)C(=O)NCN1. The predicted octanol–water partition coefficient (Wildman–Crippen LogP) is 0.679. The first-order valence-electron chi connectivity index (χ1n) is 3.81. The van der Waals surface area contributed by atoms with Gasteiger partial charge in [-0.25, -0.2) is 0 Å². The second-order valence-electron chi connectivity index (χ2n) is 2.39. The zero-order chi connectivity index (χ0) is 8.97. The topological polar surface area (TPSA) is 41.1 Å². The molecule has 0 unspecified atom stereocenters. The van der Waals surface area contributed by atoms with E-state index >= 15 is 0 Å². The monoisotopic (exact) mass is 164 g/mol. The molecule has 3 nitrogen and oxygen atoms in total. The standard InChI is InChI=1S/C9H12N2O/c1-3-5-7-8(4-2)10-6-11-9(7)12/h3-5,10H,2,6H2,1H3,(H,11,12)/b5-3-. The molecule has 0 bridgehead atoms. The molecule has 0 aromatic rings. The molecule has 0 aromatic heterocycles. The molecular formula is C9H12N2O. The van der Waals surface area contributed by atoms with Crippen molar-refractivity contribution in [2.45, 2.75) is 6.92 Å². The summed E-state index contributed by atoms with van der Waals surface area (Å²) in [4.78, 5) is 11.2. The van der Waals surface area contributed by atoms with Gasteiger partial charge in [0.1, 0.15) is 0 Å². The molecule has 0 saturated carbocycles. The molecule has 0 radical (unpaired) electrons. The highest BCUT2D eigenvalue weighted by Crippen LogP contribution is 2.07. The van der Waals surface area contributed by atoms with E-state index in [1.54, 1.807) is 12.2 Å². The number of hydrogen-bond donors (Lipinski definition) is 2. The second-order valence-corrected chi connectivity index (χ2v) is 2.39. The van der Waals surface area contributed by atoms with Crippen LogP contribution in [-0.4, -0.2) is 12.6 Å². The van der Waals surface area contributed by atoms with Crippen LogP contribution in [0.1, 0.15) is 6.92 Å². The van der Waals surface area contributed by atoms with Crippen LogP contribution in [-0.2, 0) is 4.79 Å². The summed E-state index contributed by atoms with van der Waals surface area (Å²) in [6, 6.07) is 0. The van der Waals surface area contributed by atoms with Crippen LogP contribution < -0.4 is 10.6 Å². The van der Waals surface area contributed by atoms with Crippen LogP contribution >= 0.6 is 0 Å². The minimum atomic E-state index is -0.0539. The average Bonchev–Trinajstić information content (AvgIpc) is 2.09. The molecule has 0 aliphatic carbocycles. The van der Waals surface area contributed by atoms with Crippen LogP contribution in [0.4, 0.5) is 0 Å². The number of nitrogens with one attached hydrogen (secondary N) is 2. The normalized spacial score (nSPS) is 17.6. The zero-order valence-corrected chi connectivity index (χ0v) is 7.05. The van der Waals surface area contributed by atoms with E-state index in [0.29, 0.717) is 12.2 Å². The lowest BCUT2D eigenvalue weighted by Gasteiger charge is -2.18. The van der Waals surface area contributed by atoms with Crippen molar-refractivity contribution in [2.75, 3.05) is 6.67 Å². The van der Waals surface area contributed by atoms with Crippen molar-refractivity contribution in [1.29, 1.82) is 0 Å². The van der Waals surface area contributed by atoms with Crippen molar-refractivity contribution >= 4 is 5.91 Å². The van der Waals surface area contributed by atoms with Gasteiger partial charge in [0.15, 0.2) is 0 Å². The minimum absolute atomic E-state index is 0.0539. The average molecular weight is 164 g/mol. The molecule has 1 rings (SSSR count). The Hall–Kier alpha value is -1.51. The molecule has 0 spiro atoms. The van der Waals surface area contributed by atoms with Crippen LogP contribution in [0.3, 0.4) is 0 Å². The Labute approximate surface area is 71.8 Å². The van der Waals surface area contributed by atoms with Gasteiger partial charge < -0.3 is 10.6 Å². The van der Waals surface area contributed by atoms with Gasteiger partial charge in [0.05, 0.1) is 12.2 Å². The second kappa shape index (κ2) is 3.76. The van der Waals surface area contributed by atoms with Crippen LogP contribution in [0.2, 0.25) is 0 Å². The molecule has 2 N–H and O–H groups in total. The Morgan fingerprint density at radius 2 is 2.25 bits per heavy atom. The van der Waals surface area contributed by atoms with Gasteiger partial charge in [0.2, 0.25) is 0 Å². The summed E-state index contributed by atoms with van der Waals surface area (Å²) < 4.78 is 0. The molecule has 0 fully saturated rings. The molecular weight excluding hydrogens is 152 g/mol. The number of amides is 1. The summed E-state index contributed by atoms with van der Waals surface area (Å²) in [6.07, 6.45) is 5.23. The highest BCUT2D eigenvalue weighted by molar-refractivity contribution is 5.98. The van der Waals surface area contributed by atoms with E-state index in [4.69, 9.17) is 0 Å². The van der Waals surface area contributed by atoms with Crippen molar-refractivity contribution in [3.8, 4) is 0 Å². The van der Waals surface area contributed by atoms with E-state index in [-0.39, 0.29) is 5.91 Å². The summed E-state index contributed by atoms with van der Waals surface area (Å²) in [5.74, 6) is -0.0539. The maximum atomic E-state index is 11.2. The maximum Gasteiger partial charge on any atom is 0.254 e. The largest absolute Gasteiger partial charge is 0.367 e. The lowest BCUT2D eigenvalue weighted by atomic mass is 10.1. The molecule has 0 aromatic carbocycles. The van der Waals surface area contributed by atoms with Crippen LogP contribution in [0.25, 0.3) is 0 Å². The first kappa shape index (κ1) is 8.59. The lowest BCUT2D eigenvalue weighted by molar-refractivity contribution is -0.117. The fourth-order valence-corrected chi connectivity index (χ4v) is 1.05. The first-order chi connectivity index (χ1) is 5.79. The summed E-state index contributed by atoms with van der Waals surface area (Å²) in [5.41, 5.74) is 1.43. The van der Waals surface area contributed by atoms with E-state index in [1.807, 2.05) is 13.0 Å². The quantitative estimate of drug-likeness (QED) is 0.630. The fourth-order valence-electron chi connectivity index (χ4n) is 1.05. The smallest absolute Gasteiger partial charge is 0.254 e. The van der Waals surface area contributed by atoms with Crippen LogP contribution in [0.15, 0.2) is 36.1 Å². The first-order valence-corrected chi connectivity index (χ1v) is 3.81. The molecule has 3 heteroatoms. The predicted molar refractivity (Wildman–Crippen MR) is 48.2 cm³/mol. The third kappa shape index (κ3) is 1.56. The molecule has 1 aliphatic heterocycles. The summed E-state index contributed by atoms with van der Waals surface area (Å²) in [6.45, 7) is 5.96. The highest BCUT2D eigenvalue weighted by Gasteiger charge is 2.14. The Morgan fingerprint density at radius 1 is 1.50 bits per heavy atom. The van der Waals surface area contributed by atoms with Gasteiger partial charge in [-0.15, -0.1) is 0 Å². The third-order valence-electron chi connectivity index (χ3n) is 1.60. The summed E-state index contributed by atoms with van der Waals surface area (Å²) >= 11 is 0. The van der Waals surface area contributed by atoms with E-state index in [2.05, 4.69) is 17.2 Å². The van der Waals surface area contributed by atoms with Gasteiger partial charge in [-0.1, -0.05) is 18.7 Å². The molecule has 0 atom stereocenters. The van der Waals surface area contributed by atoms with Gasteiger partial charge in [-0.05, 0) is 13.0 Å². The van der Waals surface area contributed by atoms with E-state index in [0.717, 1.165) is 5.70 Å². The van der Waals surface area contributed by atoms with Crippen molar-refractivity contribution < 1.29 is 4.79 Å². The Kier molecular flexibility index (Phi) is 2.69. The molecule has 1 heterocycles. The molecule has 1 aliphatic rings. The number of carbonyl (C=O) groups excluding carboxylic acids is 1. The van der Waals surface area contributed by atoms with Gasteiger partial charge in [0.25, 0.3) is 5.91 Å². The lowest BCUT2D eigenvalue weighted by Crippen LogP contribution is -2.40. The maximum absolute atomic E-state index is 11.2. The Bertz CT molecular complexity index is 264. The molecule has 64 valence electrons. The number of hydrogen-bond acceptors (Lipinski definition) is 2. The van der Waals surface area contributed by atoms with Gasteiger partial charge in [-0.3, -0.25) is 4.79 Å².